The predicted molar refractivity (Wildman–Crippen MR) is 124 cm³/mol. The van der Waals surface area contributed by atoms with Crippen LogP contribution in [-0.4, -0.2) is 34.6 Å². The minimum atomic E-state index is -3.31. The Morgan fingerprint density at radius 3 is 2.30 bits per heavy atom. The molecule has 168 valence electrons. The zero-order chi connectivity index (χ0) is 23.4. The van der Waals surface area contributed by atoms with Crippen LogP contribution in [0.4, 0.5) is 22.0 Å². The van der Waals surface area contributed by atoms with Crippen molar-refractivity contribution in [3.63, 3.8) is 0 Å². The summed E-state index contributed by atoms with van der Waals surface area (Å²) in [5.41, 5.74) is 2.15. The zero-order valence-electron chi connectivity index (χ0n) is 17.9. The molecule has 10 heteroatoms. The Hall–Kier alpha value is -3.92. The van der Waals surface area contributed by atoms with Crippen LogP contribution in [0.2, 0.25) is 0 Å². The minimum absolute atomic E-state index is 0.196. The number of nitrogens with one attached hydrogen (secondary N) is 2. The lowest BCUT2D eigenvalue weighted by Gasteiger charge is -2.16. The average Bonchev–Trinajstić information content (AvgIpc) is 2.79. The minimum Gasteiger partial charge on any atom is -0.348 e. The van der Waals surface area contributed by atoms with E-state index in [4.69, 9.17) is 0 Å². The molecule has 8 nitrogen and oxygen atoms in total. The summed E-state index contributed by atoms with van der Waals surface area (Å²) < 4.78 is 36.9. The molecule has 4 aromatic rings. The highest BCUT2D eigenvalue weighted by molar-refractivity contribution is 7.90. The molecule has 0 aliphatic rings. The normalized spacial score (nSPS) is 12.2. The Morgan fingerprint density at radius 2 is 1.67 bits per heavy atom. The summed E-state index contributed by atoms with van der Waals surface area (Å²) in [6.07, 6.45) is 5.85. The van der Waals surface area contributed by atoms with Crippen LogP contribution in [0.1, 0.15) is 18.5 Å². The number of aromatic nitrogens is 4. The first kappa shape index (κ1) is 22.3. The summed E-state index contributed by atoms with van der Waals surface area (Å²) in [6.45, 7) is 1.92. The van der Waals surface area contributed by atoms with Crippen molar-refractivity contribution in [3.05, 3.63) is 84.6 Å². The van der Waals surface area contributed by atoms with Crippen LogP contribution in [0.3, 0.4) is 0 Å². The van der Waals surface area contributed by atoms with Gasteiger partial charge in [0.2, 0.25) is 5.95 Å². The van der Waals surface area contributed by atoms with Crippen molar-refractivity contribution in [2.45, 2.75) is 17.9 Å². The number of sulfone groups is 1. The number of nitrogens with zero attached hydrogens (tertiary/aromatic N) is 4. The van der Waals surface area contributed by atoms with Gasteiger partial charge >= 0.3 is 0 Å². The smallest absolute Gasteiger partial charge is 0.225 e. The van der Waals surface area contributed by atoms with Gasteiger partial charge in [-0.1, -0.05) is 24.3 Å². The molecule has 0 radical (unpaired) electrons. The molecule has 2 aromatic carbocycles. The van der Waals surface area contributed by atoms with Gasteiger partial charge in [-0.15, -0.1) is 0 Å². The summed E-state index contributed by atoms with van der Waals surface area (Å²) in [5, 5.41) is 6.33. The number of halogens is 1. The van der Waals surface area contributed by atoms with Gasteiger partial charge in [0.1, 0.15) is 17.5 Å². The first-order valence-corrected chi connectivity index (χ1v) is 11.9. The largest absolute Gasteiger partial charge is 0.348 e. The van der Waals surface area contributed by atoms with Crippen LogP contribution in [0.25, 0.3) is 11.3 Å². The summed E-state index contributed by atoms with van der Waals surface area (Å²) in [6, 6.07) is 14.2. The third kappa shape index (κ3) is 5.66. The quantitative estimate of drug-likeness (QED) is 0.414. The summed E-state index contributed by atoms with van der Waals surface area (Å²) in [4.78, 5) is 17.6. The second-order valence-electron chi connectivity index (χ2n) is 7.39. The summed E-state index contributed by atoms with van der Waals surface area (Å²) in [7, 11) is -3.31. The highest BCUT2D eigenvalue weighted by Gasteiger charge is 2.13. The first-order valence-electron chi connectivity index (χ1n) is 10.0. The number of benzene rings is 2. The molecule has 4 rings (SSSR count). The molecule has 0 bridgehead atoms. The number of hydrogen-bond donors (Lipinski definition) is 2. The van der Waals surface area contributed by atoms with E-state index < -0.39 is 9.84 Å². The van der Waals surface area contributed by atoms with E-state index >= 15 is 0 Å². The maximum Gasteiger partial charge on any atom is 0.225 e. The Kier molecular flexibility index (Phi) is 6.27. The maximum atomic E-state index is 13.3. The molecule has 0 amide bonds. The van der Waals surface area contributed by atoms with Crippen molar-refractivity contribution in [2.75, 3.05) is 16.9 Å². The number of anilines is 3. The van der Waals surface area contributed by atoms with E-state index in [9.17, 15) is 12.8 Å². The van der Waals surface area contributed by atoms with Crippen LogP contribution in [0.15, 0.2) is 78.1 Å². The number of hydrogen-bond acceptors (Lipinski definition) is 8. The van der Waals surface area contributed by atoms with E-state index in [0.29, 0.717) is 28.8 Å². The van der Waals surface area contributed by atoms with Crippen molar-refractivity contribution >= 4 is 27.4 Å². The molecule has 0 aliphatic carbocycles. The average molecular weight is 465 g/mol. The van der Waals surface area contributed by atoms with E-state index in [1.54, 1.807) is 48.9 Å². The Morgan fingerprint density at radius 1 is 0.939 bits per heavy atom. The molecule has 0 saturated heterocycles. The number of rotatable bonds is 7. The summed E-state index contributed by atoms with van der Waals surface area (Å²) in [5.74, 6) is 1.01. The monoisotopic (exact) mass is 464 g/mol. The van der Waals surface area contributed by atoms with E-state index in [-0.39, 0.29) is 16.8 Å². The third-order valence-electron chi connectivity index (χ3n) is 4.84. The third-order valence-corrected chi connectivity index (χ3v) is 5.97. The topological polar surface area (TPSA) is 110 Å². The second-order valence-corrected chi connectivity index (χ2v) is 9.41. The molecule has 0 spiro atoms. The molecule has 0 aliphatic heterocycles. The fourth-order valence-electron chi connectivity index (χ4n) is 3.12. The molecule has 33 heavy (non-hydrogen) atoms. The van der Waals surface area contributed by atoms with Crippen LogP contribution in [0, 0.1) is 5.82 Å². The van der Waals surface area contributed by atoms with Gasteiger partial charge in [0, 0.05) is 30.3 Å². The molecule has 2 aromatic heterocycles. The van der Waals surface area contributed by atoms with Crippen LogP contribution in [-0.2, 0) is 9.84 Å². The van der Waals surface area contributed by atoms with Gasteiger partial charge in [0.25, 0.3) is 0 Å². The van der Waals surface area contributed by atoms with Gasteiger partial charge in [-0.3, -0.25) is 4.98 Å². The standard InChI is InChI=1S/C23H21FN6O2S/c1-15(16-3-7-18(24)8-4-16)27-23-28-20(17-5-9-19(10-6-17)33(2,31)32)13-21(30-23)29-22-14-25-11-12-26-22/h3-15H,1-2H3,(H2,26,27,28,29,30)/t15-/m0/s1. The molecule has 0 unspecified atom stereocenters. The van der Waals surface area contributed by atoms with E-state index in [0.717, 1.165) is 11.8 Å². The van der Waals surface area contributed by atoms with Gasteiger partial charge in [0.05, 0.1) is 22.8 Å². The van der Waals surface area contributed by atoms with Crippen molar-refractivity contribution in [1.29, 1.82) is 0 Å². The van der Waals surface area contributed by atoms with E-state index in [2.05, 4.69) is 30.6 Å². The molecular formula is C23H21FN6O2S. The van der Waals surface area contributed by atoms with Crippen molar-refractivity contribution < 1.29 is 12.8 Å². The molecule has 2 N–H and O–H groups in total. The maximum absolute atomic E-state index is 13.3. The zero-order valence-corrected chi connectivity index (χ0v) is 18.7. The Balaban J connectivity index is 1.69. The fraction of sp³-hybridized carbons (Fsp3) is 0.130. The molecular weight excluding hydrogens is 443 g/mol. The molecule has 0 fully saturated rings. The van der Waals surface area contributed by atoms with Crippen molar-refractivity contribution in [3.8, 4) is 11.3 Å². The van der Waals surface area contributed by atoms with Gasteiger partial charge in [0.15, 0.2) is 9.84 Å². The van der Waals surface area contributed by atoms with Gasteiger partial charge in [-0.05, 0) is 36.8 Å². The predicted octanol–water partition coefficient (Wildman–Crippen LogP) is 4.39. The lowest BCUT2D eigenvalue weighted by Crippen LogP contribution is -2.11. The van der Waals surface area contributed by atoms with E-state index in [1.807, 2.05) is 6.92 Å². The first-order chi connectivity index (χ1) is 15.8. The van der Waals surface area contributed by atoms with Crippen molar-refractivity contribution in [2.24, 2.45) is 0 Å². The Bertz CT molecular complexity index is 1350. The molecule has 0 saturated carbocycles. The van der Waals surface area contributed by atoms with Crippen LogP contribution < -0.4 is 10.6 Å². The SMILES string of the molecule is C[C@H](Nc1nc(Nc2cnccn2)cc(-c2ccc(S(C)(=O)=O)cc2)n1)c1ccc(F)cc1. The summed E-state index contributed by atoms with van der Waals surface area (Å²) >= 11 is 0. The second kappa shape index (κ2) is 9.29. The van der Waals surface area contributed by atoms with Crippen LogP contribution >= 0.6 is 0 Å². The van der Waals surface area contributed by atoms with Gasteiger partial charge < -0.3 is 10.6 Å². The van der Waals surface area contributed by atoms with Gasteiger partial charge in [-0.25, -0.2) is 22.8 Å². The highest BCUT2D eigenvalue weighted by Crippen LogP contribution is 2.26. The van der Waals surface area contributed by atoms with Crippen molar-refractivity contribution in [1.82, 2.24) is 19.9 Å². The van der Waals surface area contributed by atoms with Crippen LogP contribution in [0.5, 0.6) is 0 Å². The lowest BCUT2D eigenvalue weighted by molar-refractivity contribution is 0.602. The fourth-order valence-corrected chi connectivity index (χ4v) is 3.75. The lowest BCUT2D eigenvalue weighted by atomic mass is 10.1. The highest BCUT2D eigenvalue weighted by atomic mass is 32.2. The van der Waals surface area contributed by atoms with Gasteiger partial charge in [-0.2, -0.15) is 4.98 Å². The molecule has 1 atom stereocenters. The van der Waals surface area contributed by atoms with E-state index in [1.165, 1.54) is 24.3 Å². The molecule has 2 heterocycles. The Labute approximate surface area is 190 Å².